The maximum Gasteiger partial charge on any atom is 0.305 e. The fraction of sp³-hybridized carbons (Fsp3) is 0.238. The third-order valence-corrected chi connectivity index (χ3v) is 6.97. The maximum absolute atomic E-state index is 11.8. The molecule has 2 aromatic carbocycles. The van der Waals surface area contributed by atoms with Crippen molar-refractivity contribution in [3.8, 4) is 5.75 Å². The van der Waals surface area contributed by atoms with Gasteiger partial charge in [0.1, 0.15) is 18.6 Å². The minimum atomic E-state index is -0.131. The normalized spacial score (nSPS) is 18.7. The number of hydrogen-bond acceptors (Lipinski definition) is 5. The molecule has 1 aliphatic rings. The second-order valence-corrected chi connectivity index (χ2v) is 8.68. The summed E-state index contributed by atoms with van der Waals surface area (Å²) in [7, 11) is 0. The number of thioether (sulfide) groups is 1. The van der Waals surface area contributed by atoms with Crippen LogP contribution in [0.15, 0.2) is 58.4 Å². The van der Waals surface area contributed by atoms with Crippen LogP contribution in [0.3, 0.4) is 0 Å². The van der Waals surface area contributed by atoms with Crippen LogP contribution in [0.2, 0.25) is 0 Å². The fourth-order valence-electron chi connectivity index (χ4n) is 3.25. The van der Waals surface area contributed by atoms with Crippen molar-refractivity contribution >= 4 is 29.4 Å². The van der Waals surface area contributed by atoms with Gasteiger partial charge in [-0.3, -0.25) is 4.79 Å². The highest BCUT2D eigenvalue weighted by Crippen LogP contribution is 2.44. The highest BCUT2D eigenvalue weighted by molar-refractivity contribution is 7.99. The largest absolute Gasteiger partial charge is 0.489 e. The van der Waals surface area contributed by atoms with E-state index in [9.17, 15) is 9.59 Å². The number of nitrogens with one attached hydrogen (secondary N) is 1. The Morgan fingerprint density at radius 3 is 2.59 bits per heavy atom. The molecular formula is C21H19NO3S2. The Bertz CT molecular complexity index is 990. The third-order valence-electron chi connectivity index (χ3n) is 4.71. The fourth-order valence-corrected chi connectivity index (χ4v) is 5.61. The van der Waals surface area contributed by atoms with Crippen LogP contribution in [-0.4, -0.2) is 17.0 Å². The predicted octanol–water partition coefficient (Wildman–Crippen LogP) is 4.38. The number of fused-ring (bicyclic) bond motifs is 1. The molecule has 0 amide bonds. The van der Waals surface area contributed by atoms with Gasteiger partial charge in [0.2, 0.25) is 0 Å². The van der Waals surface area contributed by atoms with Crippen LogP contribution < -0.4 is 9.61 Å². The van der Waals surface area contributed by atoms with Crippen molar-refractivity contribution < 1.29 is 9.53 Å². The molecule has 6 heteroatoms. The number of thiazole rings is 1. The second kappa shape index (κ2) is 7.74. The first-order valence-corrected chi connectivity index (χ1v) is 10.5. The number of carbonyl (C=O) groups excluding carboxylic acids is 1. The monoisotopic (exact) mass is 397 g/mol. The Morgan fingerprint density at radius 1 is 1.15 bits per heavy atom. The summed E-state index contributed by atoms with van der Waals surface area (Å²) in [6.07, 6.45) is 1.01. The Kier molecular flexibility index (Phi) is 5.18. The van der Waals surface area contributed by atoms with Crippen molar-refractivity contribution in [1.29, 1.82) is 0 Å². The van der Waals surface area contributed by atoms with Gasteiger partial charge in [0.25, 0.3) is 0 Å². The molecule has 0 fully saturated rings. The predicted molar refractivity (Wildman–Crippen MR) is 109 cm³/mol. The van der Waals surface area contributed by atoms with Crippen LogP contribution in [-0.2, 0) is 11.4 Å². The first-order valence-electron chi connectivity index (χ1n) is 8.73. The molecule has 1 N–H and O–H groups in total. The van der Waals surface area contributed by atoms with Crippen LogP contribution in [0.5, 0.6) is 5.75 Å². The Labute approximate surface area is 165 Å². The van der Waals surface area contributed by atoms with E-state index >= 15 is 0 Å². The SMILES string of the molecule is Cc1ccc(COc2ccc(C3c4sc(=O)[nH]c4SCC3C=O)cc2)cc1. The highest BCUT2D eigenvalue weighted by Gasteiger charge is 2.33. The molecular weight excluding hydrogens is 378 g/mol. The Balaban J connectivity index is 1.53. The molecule has 4 nitrogen and oxygen atoms in total. The van der Waals surface area contributed by atoms with Crippen LogP contribution in [0, 0.1) is 12.8 Å². The molecule has 0 saturated heterocycles. The summed E-state index contributed by atoms with van der Waals surface area (Å²) < 4.78 is 5.87. The Morgan fingerprint density at radius 2 is 1.89 bits per heavy atom. The van der Waals surface area contributed by atoms with Crippen molar-refractivity contribution in [2.45, 2.75) is 24.5 Å². The number of carbonyl (C=O) groups is 1. The first kappa shape index (κ1) is 18.1. The van der Waals surface area contributed by atoms with E-state index in [2.05, 4.69) is 36.2 Å². The van der Waals surface area contributed by atoms with E-state index < -0.39 is 0 Å². The van der Waals surface area contributed by atoms with E-state index in [1.807, 2.05) is 24.3 Å². The highest BCUT2D eigenvalue weighted by atomic mass is 32.2. The summed E-state index contributed by atoms with van der Waals surface area (Å²) in [5, 5.41) is 0.896. The quantitative estimate of drug-likeness (QED) is 0.649. The molecule has 2 atom stereocenters. The minimum Gasteiger partial charge on any atom is -0.489 e. The van der Waals surface area contributed by atoms with Crippen molar-refractivity contribution in [2.75, 3.05) is 5.75 Å². The number of aldehydes is 1. The van der Waals surface area contributed by atoms with E-state index in [4.69, 9.17) is 4.74 Å². The van der Waals surface area contributed by atoms with Gasteiger partial charge in [0, 0.05) is 22.5 Å². The molecule has 2 unspecified atom stereocenters. The van der Waals surface area contributed by atoms with E-state index in [0.717, 1.165) is 33.1 Å². The summed E-state index contributed by atoms with van der Waals surface area (Å²) in [6, 6.07) is 16.1. The zero-order valence-corrected chi connectivity index (χ0v) is 16.4. The van der Waals surface area contributed by atoms with Gasteiger partial charge in [-0.25, -0.2) is 0 Å². The smallest absolute Gasteiger partial charge is 0.305 e. The lowest BCUT2D eigenvalue weighted by molar-refractivity contribution is -0.110. The maximum atomic E-state index is 11.8. The summed E-state index contributed by atoms with van der Waals surface area (Å²) in [5.74, 6) is 1.26. The molecule has 2 heterocycles. The van der Waals surface area contributed by atoms with Gasteiger partial charge in [-0.1, -0.05) is 53.3 Å². The molecule has 0 radical (unpaired) electrons. The average molecular weight is 398 g/mol. The van der Waals surface area contributed by atoms with Gasteiger partial charge in [-0.15, -0.1) is 11.8 Å². The van der Waals surface area contributed by atoms with Crippen LogP contribution >= 0.6 is 23.1 Å². The van der Waals surface area contributed by atoms with Gasteiger partial charge >= 0.3 is 4.87 Å². The molecule has 0 spiro atoms. The molecule has 1 aliphatic heterocycles. The number of aromatic amines is 1. The molecule has 0 aliphatic carbocycles. The second-order valence-electron chi connectivity index (χ2n) is 6.64. The summed E-state index contributed by atoms with van der Waals surface area (Å²) in [6.45, 7) is 2.58. The van der Waals surface area contributed by atoms with Gasteiger partial charge in [-0.2, -0.15) is 0 Å². The van der Waals surface area contributed by atoms with E-state index in [-0.39, 0.29) is 16.7 Å². The van der Waals surface area contributed by atoms with E-state index in [1.54, 1.807) is 11.8 Å². The van der Waals surface area contributed by atoms with Crippen molar-refractivity contribution in [3.05, 3.63) is 79.8 Å². The Hall–Kier alpha value is -2.31. The van der Waals surface area contributed by atoms with Crippen molar-refractivity contribution in [3.63, 3.8) is 0 Å². The number of aryl methyl sites for hydroxylation is 1. The first-order chi connectivity index (χ1) is 13.1. The lowest BCUT2D eigenvalue weighted by atomic mass is 9.86. The number of hydrogen-bond donors (Lipinski definition) is 1. The van der Waals surface area contributed by atoms with Crippen LogP contribution in [0.25, 0.3) is 0 Å². The number of ether oxygens (including phenoxy) is 1. The molecule has 3 aromatic rings. The zero-order chi connectivity index (χ0) is 18.8. The number of rotatable bonds is 5. The topological polar surface area (TPSA) is 59.2 Å². The van der Waals surface area contributed by atoms with Crippen molar-refractivity contribution in [1.82, 2.24) is 4.98 Å². The van der Waals surface area contributed by atoms with E-state index in [0.29, 0.717) is 12.4 Å². The lowest BCUT2D eigenvalue weighted by Crippen LogP contribution is -2.21. The third kappa shape index (κ3) is 3.87. The zero-order valence-electron chi connectivity index (χ0n) is 14.8. The molecule has 0 bridgehead atoms. The standard InChI is InChI=1S/C21H19NO3S2/c1-13-2-4-14(5-3-13)11-25-17-8-6-15(7-9-17)18-16(10-23)12-26-20-19(18)27-21(24)22-20/h2-10,16,18H,11-12H2,1H3,(H,22,24). The van der Waals surface area contributed by atoms with Gasteiger partial charge in [0.15, 0.2) is 0 Å². The molecule has 4 rings (SSSR count). The molecule has 1 aromatic heterocycles. The summed E-state index contributed by atoms with van der Waals surface area (Å²) in [4.78, 5) is 27.1. The lowest BCUT2D eigenvalue weighted by Gasteiger charge is -2.27. The molecule has 138 valence electrons. The van der Waals surface area contributed by atoms with Crippen molar-refractivity contribution in [2.24, 2.45) is 5.92 Å². The van der Waals surface area contributed by atoms with Gasteiger partial charge < -0.3 is 14.5 Å². The number of H-pyrrole nitrogens is 1. The summed E-state index contributed by atoms with van der Waals surface area (Å²) in [5.41, 5.74) is 3.38. The van der Waals surface area contributed by atoms with Crippen LogP contribution in [0.1, 0.15) is 27.5 Å². The molecule has 0 saturated carbocycles. The average Bonchev–Trinajstić information content (AvgIpc) is 3.07. The van der Waals surface area contributed by atoms with E-state index in [1.165, 1.54) is 16.9 Å². The minimum absolute atomic E-state index is 0.0675. The molecule has 27 heavy (non-hydrogen) atoms. The number of aromatic nitrogens is 1. The van der Waals surface area contributed by atoms with Crippen LogP contribution in [0.4, 0.5) is 0 Å². The van der Waals surface area contributed by atoms with Gasteiger partial charge in [-0.05, 0) is 30.2 Å². The van der Waals surface area contributed by atoms with Gasteiger partial charge in [0.05, 0.1) is 5.03 Å². The number of benzene rings is 2. The summed E-state index contributed by atoms with van der Waals surface area (Å²) >= 11 is 2.75.